The summed E-state index contributed by atoms with van der Waals surface area (Å²) in [5.74, 6) is 1.14. The second-order valence-corrected chi connectivity index (χ2v) is 9.64. The van der Waals surface area contributed by atoms with Gasteiger partial charge in [0, 0.05) is 31.2 Å². The summed E-state index contributed by atoms with van der Waals surface area (Å²) in [6.07, 6.45) is 6.23. The van der Waals surface area contributed by atoms with Gasteiger partial charge in [0.2, 0.25) is 15.9 Å². The van der Waals surface area contributed by atoms with Crippen molar-refractivity contribution in [1.29, 1.82) is 0 Å². The highest BCUT2D eigenvalue weighted by Crippen LogP contribution is 2.36. The van der Waals surface area contributed by atoms with E-state index in [-0.39, 0.29) is 4.90 Å². The molecule has 3 aromatic rings. The topological polar surface area (TPSA) is 81.2 Å². The highest BCUT2D eigenvalue weighted by Gasteiger charge is 2.38. The molecule has 29 heavy (non-hydrogen) atoms. The largest absolute Gasteiger partial charge is 0.444 e. The maximum absolute atomic E-state index is 13.3. The Morgan fingerprint density at radius 2 is 2.00 bits per heavy atom. The molecule has 1 saturated heterocycles. The molecule has 0 aliphatic carbocycles. The van der Waals surface area contributed by atoms with Gasteiger partial charge in [0.25, 0.3) is 0 Å². The van der Waals surface area contributed by atoms with Crippen molar-refractivity contribution in [2.45, 2.75) is 43.5 Å². The van der Waals surface area contributed by atoms with Gasteiger partial charge in [0.05, 0.1) is 11.9 Å². The summed E-state index contributed by atoms with van der Waals surface area (Å²) < 4.78 is 35.7. The van der Waals surface area contributed by atoms with Crippen molar-refractivity contribution in [2.24, 2.45) is 7.05 Å². The lowest BCUT2D eigenvalue weighted by Gasteiger charge is -2.32. The Labute approximate surface area is 175 Å². The fourth-order valence-corrected chi connectivity index (χ4v) is 5.74. The van der Waals surface area contributed by atoms with E-state index < -0.39 is 16.1 Å². The Morgan fingerprint density at radius 3 is 2.69 bits per heavy atom. The predicted molar refractivity (Wildman–Crippen MR) is 109 cm³/mol. The molecule has 0 amide bonds. The van der Waals surface area contributed by atoms with Crippen LogP contribution < -0.4 is 0 Å². The lowest BCUT2D eigenvalue weighted by atomic mass is 10.1. The van der Waals surface area contributed by atoms with Gasteiger partial charge in [-0.3, -0.25) is 4.68 Å². The van der Waals surface area contributed by atoms with Crippen LogP contribution in [0.1, 0.15) is 48.2 Å². The number of benzene rings is 1. The summed E-state index contributed by atoms with van der Waals surface area (Å²) in [6, 6.07) is 7.13. The van der Waals surface area contributed by atoms with Crippen molar-refractivity contribution in [2.75, 3.05) is 6.54 Å². The number of sulfonamides is 1. The van der Waals surface area contributed by atoms with Crippen molar-refractivity contribution >= 4 is 21.6 Å². The molecular weight excluding hydrogens is 412 g/mol. The quantitative estimate of drug-likeness (QED) is 0.608. The fourth-order valence-electron chi connectivity index (χ4n) is 3.76. The minimum atomic E-state index is -3.69. The third kappa shape index (κ3) is 4.10. The molecule has 2 aromatic heterocycles. The van der Waals surface area contributed by atoms with E-state index in [9.17, 15) is 8.42 Å². The van der Waals surface area contributed by atoms with Crippen molar-refractivity contribution in [1.82, 2.24) is 19.1 Å². The molecule has 1 aliphatic heterocycles. The third-order valence-corrected chi connectivity index (χ3v) is 7.42. The van der Waals surface area contributed by atoms with Crippen LogP contribution in [0.4, 0.5) is 0 Å². The van der Waals surface area contributed by atoms with E-state index in [4.69, 9.17) is 16.0 Å². The number of piperidine rings is 1. The normalized spacial score (nSPS) is 18.2. The molecule has 0 unspecified atom stereocenters. The molecule has 0 radical (unpaired) electrons. The van der Waals surface area contributed by atoms with Crippen LogP contribution in [-0.2, 0) is 23.5 Å². The Balaban J connectivity index is 1.60. The molecule has 154 valence electrons. The van der Waals surface area contributed by atoms with Crippen LogP contribution in [0.3, 0.4) is 0 Å². The van der Waals surface area contributed by atoms with E-state index in [1.54, 1.807) is 26.4 Å². The molecular formula is C20H23ClN4O3S. The minimum Gasteiger partial charge on any atom is -0.444 e. The second kappa shape index (κ2) is 7.93. The lowest BCUT2D eigenvalue weighted by molar-refractivity contribution is 0.216. The Bertz CT molecular complexity index is 1110. The predicted octanol–water partition coefficient (Wildman–Crippen LogP) is 3.88. The number of rotatable bonds is 5. The SMILES string of the molecule is Cc1nn(C)cc1S(=O)(=O)N1CCCC[C@@H]1c1ncc(Cc2ccc(Cl)cc2)o1. The Hall–Kier alpha value is -2.16. The zero-order chi connectivity index (χ0) is 20.6. The maximum Gasteiger partial charge on any atom is 0.247 e. The van der Waals surface area contributed by atoms with Gasteiger partial charge in [-0.05, 0) is 37.5 Å². The summed E-state index contributed by atoms with van der Waals surface area (Å²) in [4.78, 5) is 4.65. The zero-order valence-corrected chi connectivity index (χ0v) is 17.9. The average molecular weight is 435 g/mol. The van der Waals surface area contributed by atoms with Gasteiger partial charge in [-0.25, -0.2) is 13.4 Å². The fraction of sp³-hybridized carbons (Fsp3) is 0.400. The maximum atomic E-state index is 13.3. The van der Waals surface area contributed by atoms with Crippen LogP contribution >= 0.6 is 11.6 Å². The van der Waals surface area contributed by atoms with E-state index in [0.717, 1.165) is 18.4 Å². The molecule has 7 nitrogen and oxygen atoms in total. The van der Waals surface area contributed by atoms with Gasteiger partial charge in [-0.15, -0.1) is 0 Å². The third-order valence-electron chi connectivity index (χ3n) is 5.16. The molecule has 0 spiro atoms. The molecule has 0 N–H and O–H groups in total. The van der Waals surface area contributed by atoms with Crippen LogP contribution in [0.5, 0.6) is 0 Å². The van der Waals surface area contributed by atoms with Gasteiger partial charge < -0.3 is 4.42 Å². The van der Waals surface area contributed by atoms with Crippen molar-refractivity contribution in [3.05, 3.63) is 64.6 Å². The first kappa shape index (κ1) is 20.1. The van der Waals surface area contributed by atoms with Crippen LogP contribution in [0.2, 0.25) is 5.02 Å². The molecule has 4 rings (SSSR count). The van der Waals surface area contributed by atoms with Gasteiger partial charge in [-0.2, -0.15) is 9.40 Å². The van der Waals surface area contributed by atoms with Crippen molar-refractivity contribution < 1.29 is 12.8 Å². The smallest absolute Gasteiger partial charge is 0.247 e. The second-order valence-electron chi connectivity index (χ2n) is 7.35. The van der Waals surface area contributed by atoms with Gasteiger partial charge >= 0.3 is 0 Å². The molecule has 9 heteroatoms. The highest BCUT2D eigenvalue weighted by atomic mass is 35.5. The van der Waals surface area contributed by atoms with E-state index in [1.807, 2.05) is 24.3 Å². The lowest BCUT2D eigenvalue weighted by Crippen LogP contribution is -2.38. The van der Waals surface area contributed by atoms with Gasteiger partial charge in [-0.1, -0.05) is 30.2 Å². The highest BCUT2D eigenvalue weighted by molar-refractivity contribution is 7.89. The molecule has 1 aliphatic rings. The van der Waals surface area contributed by atoms with E-state index in [2.05, 4.69) is 10.1 Å². The minimum absolute atomic E-state index is 0.236. The van der Waals surface area contributed by atoms with Crippen LogP contribution in [0.15, 0.2) is 46.0 Å². The van der Waals surface area contributed by atoms with E-state index >= 15 is 0 Å². The summed E-state index contributed by atoms with van der Waals surface area (Å²) in [5.41, 5.74) is 1.55. The Morgan fingerprint density at radius 1 is 1.24 bits per heavy atom. The molecule has 0 bridgehead atoms. The first-order chi connectivity index (χ1) is 13.8. The number of hydrogen-bond donors (Lipinski definition) is 0. The number of oxazole rings is 1. The van der Waals surface area contributed by atoms with Crippen LogP contribution in [0, 0.1) is 6.92 Å². The van der Waals surface area contributed by atoms with E-state index in [1.165, 1.54) is 8.99 Å². The average Bonchev–Trinajstić information content (AvgIpc) is 3.30. The number of aryl methyl sites for hydroxylation is 2. The molecule has 0 saturated carbocycles. The number of hydrogen-bond acceptors (Lipinski definition) is 5. The van der Waals surface area contributed by atoms with E-state index in [0.29, 0.717) is 41.8 Å². The summed E-state index contributed by atoms with van der Waals surface area (Å²) in [7, 11) is -1.97. The van der Waals surface area contributed by atoms with Crippen molar-refractivity contribution in [3.8, 4) is 0 Å². The first-order valence-electron chi connectivity index (χ1n) is 9.56. The first-order valence-corrected chi connectivity index (χ1v) is 11.4. The Kier molecular flexibility index (Phi) is 5.50. The van der Waals surface area contributed by atoms with Gasteiger partial charge in [0.1, 0.15) is 16.7 Å². The standard InChI is InChI=1S/C20H23ClN4O3S/c1-14-19(13-24(2)23-14)29(26,27)25-10-4-3-5-18(25)20-22-12-17(28-20)11-15-6-8-16(21)9-7-15/h6-9,12-13,18H,3-5,10-11H2,1-2H3/t18-/m1/s1. The zero-order valence-electron chi connectivity index (χ0n) is 16.4. The number of aromatic nitrogens is 3. The molecule has 1 fully saturated rings. The summed E-state index contributed by atoms with van der Waals surface area (Å²) >= 11 is 5.94. The monoisotopic (exact) mass is 434 g/mol. The molecule has 1 atom stereocenters. The van der Waals surface area contributed by atoms with Crippen LogP contribution in [-0.4, -0.2) is 34.0 Å². The van der Waals surface area contributed by atoms with Crippen LogP contribution in [0.25, 0.3) is 0 Å². The molecule has 3 heterocycles. The molecule has 1 aromatic carbocycles. The summed E-state index contributed by atoms with van der Waals surface area (Å²) in [6.45, 7) is 2.15. The van der Waals surface area contributed by atoms with Crippen molar-refractivity contribution in [3.63, 3.8) is 0 Å². The van der Waals surface area contributed by atoms with Gasteiger partial charge in [0.15, 0.2) is 0 Å². The number of nitrogens with zero attached hydrogens (tertiary/aromatic N) is 4. The summed E-state index contributed by atoms with van der Waals surface area (Å²) in [5, 5.41) is 4.87. The number of halogens is 1.